The molecule has 0 fully saturated rings. The van der Waals surface area contributed by atoms with E-state index in [2.05, 4.69) is 19.4 Å². The first-order chi connectivity index (χ1) is 26.3. The van der Waals surface area contributed by atoms with Crippen molar-refractivity contribution in [2.45, 2.75) is 37.5 Å². The summed E-state index contributed by atoms with van der Waals surface area (Å²) in [5, 5.41) is 34.3. The van der Waals surface area contributed by atoms with Crippen molar-refractivity contribution >= 4 is 77.1 Å². The third-order valence-electron chi connectivity index (χ3n) is 5.74. The Balaban J connectivity index is 0. The first kappa shape index (κ1) is 54.4. The number of para-hydroxylation sites is 2. The van der Waals surface area contributed by atoms with Gasteiger partial charge in [-0.3, -0.25) is 19.6 Å². The molecule has 2 radical (unpaired) electrons. The van der Waals surface area contributed by atoms with Gasteiger partial charge in [-0.1, -0.05) is 84.9 Å². The molecule has 0 spiro atoms. The monoisotopic (exact) mass is 1010 g/mol. The minimum absolute atomic E-state index is 0. The molecule has 20 heteroatoms. The zero-order valence-corrected chi connectivity index (χ0v) is 35.9. The molecular weight excluding hydrogens is 974 g/mol. The van der Waals surface area contributed by atoms with Gasteiger partial charge in [0.25, 0.3) is 11.9 Å². The summed E-state index contributed by atoms with van der Waals surface area (Å²) in [5.74, 6) is -3.83. The SMILES string of the molecule is CC(=O)O.CC(=O)O.CC(=O)[O-].CC(=O)[O-].O=S(=O)([N-]c1cccc2cccnc12)c1ccccc1.O=S(=O)([N-]c1cccc2cccnc12)c1ccccc1.[Rh+2].[Rh+2]. The van der Waals surface area contributed by atoms with Crippen molar-refractivity contribution in [1.29, 1.82) is 0 Å². The number of aliphatic carboxylic acids is 4. The van der Waals surface area contributed by atoms with Crippen LogP contribution in [0.25, 0.3) is 31.3 Å². The number of fused-ring (bicyclic) bond motifs is 2. The molecule has 2 aromatic heterocycles. The molecule has 0 bridgehead atoms. The zero-order chi connectivity index (χ0) is 42.3. The maximum atomic E-state index is 12.3. The summed E-state index contributed by atoms with van der Waals surface area (Å²) < 4.78 is 56.8. The fraction of sp³-hybridized carbons (Fsp3) is 0.105. The fourth-order valence-corrected chi connectivity index (χ4v) is 5.90. The number of aromatic nitrogens is 2. The molecule has 6 rings (SSSR count). The summed E-state index contributed by atoms with van der Waals surface area (Å²) in [5.41, 5.74) is 1.86. The average molecular weight is 1010 g/mol. The molecule has 0 atom stereocenters. The number of carboxylic acids is 4. The Labute approximate surface area is 361 Å². The van der Waals surface area contributed by atoms with Crippen LogP contribution in [0.4, 0.5) is 11.4 Å². The van der Waals surface area contributed by atoms with Gasteiger partial charge in [0.1, 0.15) is 20.0 Å². The van der Waals surface area contributed by atoms with E-state index in [1.54, 1.807) is 85.2 Å². The third-order valence-corrected chi connectivity index (χ3v) is 8.35. The van der Waals surface area contributed by atoms with Gasteiger partial charge in [-0.15, -0.1) is 11.4 Å². The van der Waals surface area contributed by atoms with E-state index in [0.717, 1.165) is 38.5 Å². The van der Waals surface area contributed by atoms with Crippen molar-refractivity contribution in [3.8, 4) is 0 Å². The second-order valence-electron chi connectivity index (χ2n) is 10.5. The van der Waals surface area contributed by atoms with E-state index in [4.69, 9.17) is 39.6 Å². The van der Waals surface area contributed by atoms with E-state index >= 15 is 0 Å². The first-order valence-corrected chi connectivity index (χ1v) is 18.6. The van der Waals surface area contributed by atoms with Gasteiger partial charge >= 0.3 is 39.0 Å². The van der Waals surface area contributed by atoms with Gasteiger partial charge in [-0.2, -0.15) is 0 Å². The molecule has 0 amide bonds. The van der Waals surface area contributed by atoms with E-state index in [-0.39, 0.29) is 48.7 Å². The first-order valence-electron chi connectivity index (χ1n) is 15.7. The topological polar surface area (TPSA) is 277 Å². The maximum absolute atomic E-state index is 12.3. The molecule has 0 unspecified atom stereocenters. The summed E-state index contributed by atoms with van der Waals surface area (Å²) in [6, 6.07) is 34.2. The Morgan fingerprint density at radius 1 is 0.483 bits per heavy atom. The van der Waals surface area contributed by atoms with Crippen LogP contribution in [0, 0.1) is 0 Å². The van der Waals surface area contributed by atoms with Crippen molar-refractivity contribution < 1.29 is 95.4 Å². The number of sulfonamides is 2. The Kier molecular flexibility index (Phi) is 26.1. The number of rotatable bonds is 6. The fourth-order valence-electron chi connectivity index (χ4n) is 3.87. The van der Waals surface area contributed by atoms with Gasteiger partial charge in [0.2, 0.25) is 0 Å². The summed E-state index contributed by atoms with van der Waals surface area (Å²) in [6.07, 6.45) is 3.24. The number of pyridine rings is 2. The second-order valence-corrected chi connectivity index (χ2v) is 13.7. The third kappa shape index (κ3) is 22.2. The largest absolute Gasteiger partial charge is 2.00 e. The Hall–Kier alpha value is -5.67. The number of nitrogens with zero attached hydrogens (tertiary/aromatic N) is 4. The van der Waals surface area contributed by atoms with Gasteiger partial charge in [-0.25, -0.2) is 16.8 Å². The van der Waals surface area contributed by atoms with Gasteiger partial charge in [0, 0.05) is 38.2 Å². The van der Waals surface area contributed by atoms with Crippen LogP contribution in [-0.2, 0) is 78.2 Å². The molecule has 2 heterocycles. The molecular formula is C38H36N4O12Rh2S2. The minimum Gasteiger partial charge on any atom is -0.571 e. The maximum Gasteiger partial charge on any atom is 2.00 e. The number of carboxylic acid groups (broad SMARTS) is 4. The van der Waals surface area contributed by atoms with Gasteiger partial charge in [0.15, 0.2) is 0 Å². The number of carbonyl (C=O) groups excluding carboxylic acids is 2. The van der Waals surface area contributed by atoms with E-state index in [0.29, 0.717) is 22.4 Å². The smallest absolute Gasteiger partial charge is 0.571 e. The average Bonchev–Trinajstić information content (AvgIpc) is 3.12. The van der Waals surface area contributed by atoms with Gasteiger partial charge in [0.05, 0.1) is 20.8 Å². The van der Waals surface area contributed by atoms with Crippen LogP contribution in [-0.4, -0.2) is 60.9 Å². The van der Waals surface area contributed by atoms with Crippen LogP contribution >= 0.6 is 0 Å². The summed E-state index contributed by atoms with van der Waals surface area (Å²) in [4.78, 5) is 44.5. The molecule has 0 saturated carbocycles. The van der Waals surface area contributed by atoms with Crippen LogP contribution in [0.1, 0.15) is 27.7 Å². The molecule has 310 valence electrons. The minimum atomic E-state index is -3.72. The summed E-state index contributed by atoms with van der Waals surface area (Å²) >= 11 is 0. The Morgan fingerprint density at radius 3 is 1.02 bits per heavy atom. The van der Waals surface area contributed by atoms with Crippen LogP contribution < -0.4 is 10.2 Å². The standard InChI is InChI=1S/2C15H11N2O2S.4C2H4O2.2Rh/c2*18-20(19,13-8-2-1-3-9-13)17-14-10-4-6-12-7-5-11-16-15(12)14;4*1-2(3)4;;/h2*1-11H;4*1H3,(H,3,4);;/q2*-1;;;;;2*+2/p-2. The number of hydrogen-bond donors (Lipinski definition) is 2. The molecule has 0 aliphatic rings. The number of carbonyl (C=O) groups is 4. The molecule has 6 aromatic rings. The van der Waals surface area contributed by atoms with Crippen LogP contribution in [0.15, 0.2) is 144 Å². The second kappa shape index (κ2) is 27.8. The Bertz CT molecular complexity index is 2210. The van der Waals surface area contributed by atoms with Crippen LogP contribution in [0.3, 0.4) is 0 Å². The van der Waals surface area contributed by atoms with Crippen LogP contribution in [0.2, 0.25) is 0 Å². The molecule has 4 aromatic carbocycles. The number of benzene rings is 4. The predicted octanol–water partition coefficient (Wildman–Crippen LogP) is 4.95. The van der Waals surface area contributed by atoms with Crippen molar-refractivity contribution in [2.24, 2.45) is 0 Å². The molecule has 16 nitrogen and oxygen atoms in total. The molecule has 0 aliphatic heterocycles. The Morgan fingerprint density at radius 2 is 0.741 bits per heavy atom. The van der Waals surface area contributed by atoms with E-state index < -0.39 is 43.9 Å². The van der Waals surface area contributed by atoms with Crippen molar-refractivity contribution in [1.82, 2.24) is 9.97 Å². The quantitative estimate of drug-likeness (QED) is 0.209. The van der Waals surface area contributed by atoms with Crippen LogP contribution in [0.5, 0.6) is 0 Å². The van der Waals surface area contributed by atoms with E-state index in [1.165, 1.54) is 24.3 Å². The van der Waals surface area contributed by atoms with E-state index in [1.807, 2.05) is 24.3 Å². The number of hydrogen-bond acceptors (Lipinski definition) is 12. The molecule has 0 aliphatic carbocycles. The van der Waals surface area contributed by atoms with Gasteiger partial charge < -0.3 is 39.5 Å². The van der Waals surface area contributed by atoms with Crippen molar-refractivity contribution in [3.05, 3.63) is 143 Å². The summed E-state index contributed by atoms with van der Waals surface area (Å²) in [6.45, 7) is 4.11. The van der Waals surface area contributed by atoms with Crippen molar-refractivity contribution in [2.75, 3.05) is 0 Å². The summed E-state index contributed by atoms with van der Waals surface area (Å²) in [7, 11) is -7.44. The molecule has 0 saturated heterocycles. The van der Waals surface area contributed by atoms with E-state index in [9.17, 15) is 16.8 Å². The normalized spacial score (nSPS) is 9.59. The predicted molar refractivity (Wildman–Crippen MR) is 205 cm³/mol. The van der Waals surface area contributed by atoms with Gasteiger partial charge in [-0.05, 0) is 61.0 Å². The zero-order valence-electron chi connectivity index (χ0n) is 31.0. The van der Waals surface area contributed by atoms with Crippen molar-refractivity contribution in [3.63, 3.8) is 0 Å². The molecule has 2 N–H and O–H groups in total. The molecule has 58 heavy (non-hydrogen) atoms.